The van der Waals surface area contributed by atoms with E-state index in [9.17, 15) is 0 Å². The third-order valence-electron chi connectivity index (χ3n) is 5.32. The summed E-state index contributed by atoms with van der Waals surface area (Å²) < 4.78 is 13.3. The van der Waals surface area contributed by atoms with Crippen molar-refractivity contribution in [3.63, 3.8) is 0 Å². The zero-order valence-electron chi connectivity index (χ0n) is 16.8. The van der Waals surface area contributed by atoms with Gasteiger partial charge in [-0.2, -0.15) is 5.10 Å². The van der Waals surface area contributed by atoms with Crippen LogP contribution in [0.25, 0.3) is 16.9 Å². The lowest BCUT2D eigenvalue weighted by Crippen LogP contribution is -2.04. The first-order valence-corrected chi connectivity index (χ1v) is 10.1. The van der Waals surface area contributed by atoms with E-state index in [1.807, 2.05) is 65.3 Å². The van der Waals surface area contributed by atoms with Gasteiger partial charge < -0.3 is 14.8 Å². The molecular formula is C25H23N3O2. The number of nitrogens with zero attached hydrogens (tertiary/aromatic N) is 2. The molecule has 0 saturated carbocycles. The molecule has 5 heteroatoms. The molecular weight excluding hydrogens is 374 g/mol. The van der Waals surface area contributed by atoms with E-state index in [1.54, 1.807) is 7.11 Å². The van der Waals surface area contributed by atoms with Crippen molar-refractivity contribution >= 4 is 5.82 Å². The maximum Gasteiger partial charge on any atom is 0.133 e. The lowest BCUT2D eigenvalue weighted by Gasteiger charge is -2.09. The lowest BCUT2D eigenvalue weighted by atomic mass is 10.1. The summed E-state index contributed by atoms with van der Waals surface area (Å²) in [5, 5.41) is 8.41. The van der Waals surface area contributed by atoms with Gasteiger partial charge in [-0.1, -0.05) is 42.5 Å². The van der Waals surface area contributed by atoms with Crippen molar-refractivity contribution in [3.8, 4) is 28.4 Å². The minimum Gasteiger partial charge on any atom is -0.497 e. The van der Waals surface area contributed by atoms with E-state index in [1.165, 1.54) is 5.56 Å². The number of hydrogen-bond donors (Lipinski definition) is 1. The van der Waals surface area contributed by atoms with Crippen LogP contribution in [0.15, 0.2) is 78.9 Å². The van der Waals surface area contributed by atoms with E-state index in [-0.39, 0.29) is 0 Å². The van der Waals surface area contributed by atoms with Gasteiger partial charge in [-0.25, -0.2) is 4.68 Å². The molecule has 0 spiro atoms. The van der Waals surface area contributed by atoms with Crippen LogP contribution in [0, 0.1) is 0 Å². The molecule has 1 N–H and O–H groups in total. The fourth-order valence-electron chi connectivity index (χ4n) is 3.79. The average Bonchev–Trinajstić information content (AvgIpc) is 3.42. The second kappa shape index (κ2) is 7.95. The minimum atomic E-state index is 0.554. The van der Waals surface area contributed by atoms with Crippen molar-refractivity contribution in [2.75, 3.05) is 19.0 Å². The molecule has 0 saturated heterocycles. The molecule has 5 nitrogen and oxygen atoms in total. The predicted octanol–water partition coefficient (Wildman–Crippen LogP) is 5.09. The molecule has 1 aliphatic heterocycles. The van der Waals surface area contributed by atoms with Crippen molar-refractivity contribution in [2.24, 2.45) is 0 Å². The topological polar surface area (TPSA) is 48.3 Å². The Kier molecular flexibility index (Phi) is 4.85. The highest BCUT2D eigenvalue weighted by Gasteiger charge is 2.24. The molecule has 5 rings (SSSR count). The highest BCUT2D eigenvalue weighted by atomic mass is 16.5. The third kappa shape index (κ3) is 3.50. The SMILES string of the molecule is COc1cccc(-c2nn(-c3ccc(OCc4ccccc4)cc3)c3c2CCN3)c1. The fraction of sp³-hybridized carbons (Fsp3) is 0.160. The highest BCUT2D eigenvalue weighted by molar-refractivity contribution is 5.73. The first kappa shape index (κ1) is 18.3. The van der Waals surface area contributed by atoms with Crippen molar-refractivity contribution < 1.29 is 9.47 Å². The Hall–Kier alpha value is -3.73. The van der Waals surface area contributed by atoms with Gasteiger partial charge in [-0.05, 0) is 48.4 Å². The average molecular weight is 397 g/mol. The Morgan fingerprint density at radius 3 is 2.57 bits per heavy atom. The summed E-state index contributed by atoms with van der Waals surface area (Å²) >= 11 is 0. The van der Waals surface area contributed by atoms with Gasteiger partial charge in [0.1, 0.15) is 23.9 Å². The number of nitrogens with one attached hydrogen (secondary N) is 1. The van der Waals surface area contributed by atoms with Crippen LogP contribution in [0.2, 0.25) is 0 Å². The fourth-order valence-corrected chi connectivity index (χ4v) is 3.79. The molecule has 30 heavy (non-hydrogen) atoms. The van der Waals surface area contributed by atoms with Crippen molar-refractivity contribution in [1.29, 1.82) is 0 Å². The summed E-state index contributed by atoms with van der Waals surface area (Å²) in [4.78, 5) is 0. The molecule has 4 aromatic rings. The van der Waals surface area contributed by atoms with Gasteiger partial charge in [-0.3, -0.25) is 0 Å². The largest absolute Gasteiger partial charge is 0.497 e. The van der Waals surface area contributed by atoms with E-state index in [4.69, 9.17) is 14.6 Å². The second-order valence-corrected chi connectivity index (χ2v) is 7.26. The van der Waals surface area contributed by atoms with Crippen LogP contribution in [-0.4, -0.2) is 23.4 Å². The zero-order chi connectivity index (χ0) is 20.3. The number of methoxy groups -OCH3 is 1. The number of anilines is 1. The van der Waals surface area contributed by atoms with E-state index >= 15 is 0 Å². The molecule has 0 unspecified atom stereocenters. The van der Waals surface area contributed by atoms with Crippen LogP contribution in [-0.2, 0) is 13.0 Å². The van der Waals surface area contributed by atoms with Crippen LogP contribution < -0.4 is 14.8 Å². The van der Waals surface area contributed by atoms with Crippen LogP contribution in [0.4, 0.5) is 5.82 Å². The van der Waals surface area contributed by atoms with Gasteiger partial charge in [0.2, 0.25) is 0 Å². The maximum atomic E-state index is 5.92. The Morgan fingerprint density at radius 2 is 1.77 bits per heavy atom. The van der Waals surface area contributed by atoms with Crippen molar-refractivity contribution in [2.45, 2.75) is 13.0 Å². The molecule has 150 valence electrons. The molecule has 0 amide bonds. The zero-order valence-corrected chi connectivity index (χ0v) is 16.8. The molecule has 1 aliphatic rings. The quantitative estimate of drug-likeness (QED) is 0.492. The predicted molar refractivity (Wildman–Crippen MR) is 119 cm³/mol. The molecule has 0 radical (unpaired) electrons. The van der Waals surface area contributed by atoms with E-state index in [0.717, 1.165) is 52.8 Å². The monoisotopic (exact) mass is 397 g/mol. The Bertz CT molecular complexity index is 1150. The van der Waals surface area contributed by atoms with Crippen LogP contribution in [0.5, 0.6) is 11.5 Å². The Labute approximate surface area is 175 Å². The minimum absolute atomic E-state index is 0.554. The first-order chi connectivity index (χ1) is 14.8. The van der Waals surface area contributed by atoms with Crippen LogP contribution in [0.1, 0.15) is 11.1 Å². The van der Waals surface area contributed by atoms with Crippen molar-refractivity contribution in [3.05, 3.63) is 90.0 Å². The standard InChI is InChI=1S/C25H23N3O2/c1-29-22-9-5-8-19(16-22)24-23-14-15-26-25(23)28(27-24)20-10-12-21(13-11-20)30-17-18-6-3-2-4-7-18/h2-13,16,26H,14-15,17H2,1H3. The molecule has 3 aromatic carbocycles. The summed E-state index contributed by atoms with van der Waals surface area (Å²) in [6, 6.07) is 26.3. The third-order valence-corrected chi connectivity index (χ3v) is 5.32. The summed E-state index contributed by atoms with van der Waals surface area (Å²) in [7, 11) is 1.69. The molecule has 0 atom stereocenters. The van der Waals surface area contributed by atoms with Gasteiger partial charge >= 0.3 is 0 Å². The van der Waals surface area contributed by atoms with E-state index in [2.05, 4.69) is 23.5 Å². The maximum absolute atomic E-state index is 5.92. The molecule has 0 fully saturated rings. The number of fused-ring (bicyclic) bond motifs is 1. The van der Waals surface area contributed by atoms with Crippen LogP contribution in [0.3, 0.4) is 0 Å². The van der Waals surface area contributed by atoms with Gasteiger partial charge in [0, 0.05) is 17.7 Å². The Morgan fingerprint density at radius 1 is 0.933 bits per heavy atom. The van der Waals surface area contributed by atoms with E-state index < -0.39 is 0 Å². The van der Waals surface area contributed by atoms with Gasteiger partial charge in [0.15, 0.2) is 0 Å². The summed E-state index contributed by atoms with van der Waals surface area (Å²) in [6.45, 7) is 1.47. The number of rotatable bonds is 6. The summed E-state index contributed by atoms with van der Waals surface area (Å²) in [5.41, 5.74) is 5.46. The van der Waals surface area contributed by atoms with Gasteiger partial charge in [0.05, 0.1) is 18.5 Å². The van der Waals surface area contributed by atoms with Gasteiger partial charge in [-0.15, -0.1) is 0 Å². The summed E-state index contributed by atoms with van der Waals surface area (Å²) in [5.74, 6) is 2.74. The molecule has 0 bridgehead atoms. The number of benzene rings is 3. The number of aromatic nitrogens is 2. The van der Waals surface area contributed by atoms with E-state index in [0.29, 0.717) is 6.61 Å². The lowest BCUT2D eigenvalue weighted by molar-refractivity contribution is 0.306. The number of hydrogen-bond acceptors (Lipinski definition) is 4. The highest BCUT2D eigenvalue weighted by Crippen LogP contribution is 2.35. The van der Waals surface area contributed by atoms with Crippen LogP contribution >= 0.6 is 0 Å². The molecule has 2 heterocycles. The van der Waals surface area contributed by atoms with Crippen molar-refractivity contribution in [1.82, 2.24) is 9.78 Å². The second-order valence-electron chi connectivity index (χ2n) is 7.26. The Balaban J connectivity index is 1.42. The summed E-state index contributed by atoms with van der Waals surface area (Å²) in [6.07, 6.45) is 0.958. The number of ether oxygens (including phenoxy) is 2. The molecule has 0 aliphatic carbocycles. The normalized spacial score (nSPS) is 12.3. The van der Waals surface area contributed by atoms with Gasteiger partial charge in [0.25, 0.3) is 0 Å². The smallest absolute Gasteiger partial charge is 0.133 e. The molecule has 1 aromatic heterocycles. The first-order valence-electron chi connectivity index (χ1n) is 10.1.